The van der Waals surface area contributed by atoms with Gasteiger partial charge in [-0.05, 0) is 25.2 Å². The van der Waals surface area contributed by atoms with E-state index in [1.807, 2.05) is 6.26 Å². The molecular formula is C13H15ClN2O3S. The van der Waals surface area contributed by atoms with E-state index in [4.69, 9.17) is 11.6 Å². The Balaban J connectivity index is 2.10. The number of nitrogens with one attached hydrogen (secondary N) is 1. The lowest BCUT2D eigenvalue weighted by molar-refractivity contribution is -0.384. The number of benzene rings is 1. The van der Waals surface area contributed by atoms with Gasteiger partial charge in [0.2, 0.25) is 0 Å². The maximum absolute atomic E-state index is 12.1. The Morgan fingerprint density at radius 1 is 1.55 bits per heavy atom. The van der Waals surface area contributed by atoms with E-state index < -0.39 is 4.92 Å². The van der Waals surface area contributed by atoms with Crippen LogP contribution in [0.15, 0.2) is 18.2 Å². The van der Waals surface area contributed by atoms with Crippen LogP contribution in [0.1, 0.15) is 29.6 Å². The minimum Gasteiger partial charge on any atom is -0.351 e. The van der Waals surface area contributed by atoms with Crippen LogP contribution >= 0.6 is 23.4 Å². The van der Waals surface area contributed by atoms with Crippen molar-refractivity contribution in [3.05, 3.63) is 38.9 Å². The molecule has 0 radical (unpaired) electrons. The highest BCUT2D eigenvalue weighted by Crippen LogP contribution is 2.42. The fraction of sp³-hybridized carbons (Fsp3) is 0.462. The molecule has 1 saturated carbocycles. The number of halogens is 1. The number of nitrogens with zero attached hydrogens (tertiary/aromatic N) is 1. The van der Waals surface area contributed by atoms with Crippen molar-refractivity contribution in [3.8, 4) is 0 Å². The second-order valence-corrected chi connectivity index (χ2v) is 6.47. The summed E-state index contributed by atoms with van der Waals surface area (Å²) in [6.07, 6.45) is 5.37. The highest BCUT2D eigenvalue weighted by Gasteiger charge is 2.36. The fourth-order valence-electron chi connectivity index (χ4n) is 2.20. The molecule has 2 rings (SSSR count). The molecule has 0 bridgehead atoms. The summed E-state index contributed by atoms with van der Waals surface area (Å²) >= 11 is 7.68. The van der Waals surface area contributed by atoms with Crippen molar-refractivity contribution in [3.63, 3.8) is 0 Å². The molecule has 0 atom stereocenters. The van der Waals surface area contributed by atoms with Gasteiger partial charge in [0.15, 0.2) is 0 Å². The third kappa shape index (κ3) is 2.91. The van der Waals surface area contributed by atoms with E-state index in [-0.39, 0.29) is 26.9 Å². The minimum atomic E-state index is -0.589. The third-order valence-electron chi connectivity index (χ3n) is 3.69. The molecule has 1 aliphatic carbocycles. The van der Waals surface area contributed by atoms with Crippen molar-refractivity contribution in [2.24, 2.45) is 0 Å². The van der Waals surface area contributed by atoms with E-state index in [2.05, 4.69) is 5.32 Å². The van der Waals surface area contributed by atoms with Gasteiger partial charge in [-0.3, -0.25) is 14.9 Å². The Labute approximate surface area is 126 Å². The number of hydrogen-bond acceptors (Lipinski definition) is 4. The van der Waals surface area contributed by atoms with Crippen molar-refractivity contribution in [2.45, 2.75) is 24.0 Å². The Hall–Kier alpha value is -1.27. The van der Waals surface area contributed by atoms with Gasteiger partial charge in [0.25, 0.3) is 11.6 Å². The molecule has 1 fully saturated rings. The first-order valence-corrected chi connectivity index (χ1v) is 7.86. The maximum atomic E-state index is 12.1. The summed E-state index contributed by atoms with van der Waals surface area (Å²) in [4.78, 5) is 22.3. The normalized spacial score (nSPS) is 16.3. The number of nitro groups is 1. The van der Waals surface area contributed by atoms with Crippen LogP contribution in [-0.2, 0) is 0 Å². The van der Waals surface area contributed by atoms with E-state index in [0.29, 0.717) is 6.54 Å². The summed E-state index contributed by atoms with van der Waals surface area (Å²) in [6, 6.07) is 4.25. The Morgan fingerprint density at radius 2 is 2.25 bits per heavy atom. The monoisotopic (exact) mass is 314 g/mol. The summed E-state index contributed by atoms with van der Waals surface area (Å²) in [5.74, 6) is -0.362. The van der Waals surface area contributed by atoms with E-state index >= 15 is 0 Å². The molecule has 7 heteroatoms. The molecule has 5 nitrogen and oxygen atoms in total. The summed E-state index contributed by atoms with van der Waals surface area (Å²) < 4.78 is 0.114. The highest BCUT2D eigenvalue weighted by molar-refractivity contribution is 8.00. The molecule has 0 spiro atoms. The summed E-state index contributed by atoms with van der Waals surface area (Å²) in [6.45, 7) is 0.562. The van der Waals surface area contributed by atoms with Gasteiger partial charge in [-0.2, -0.15) is 11.8 Å². The third-order valence-corrected chi connectivity index (χ3v) is 5.50. The number of thioether (sulfide) groups is 1. The first-order valence-electron chi connectivity index (χ1n) is 6.25. The summed E-state index contributed by atoms with van der Waals surface area (Å²) in [5, 5.41) is 13.5. The summed E-state index contributed by atoms with van der Waals surface area (Å²) in [5.41, 5.74) is -0.0982. The second-order valence-electron chi connectivity index (χ2n) is 4.82. The predicted molar refractivity (Wildman–Crippen MR) is 80.5 cm³/mol. The lowest BCUT2D eigenvalue weighted by Crippen LogP contribution is -2.45. The largest absolute Gasteiger partial charge is 0.351 e. The Kier molecular flexibility index (Phi) is 4.55. The fourth-order valence-corrected chi connectivity index (χ4v) is 3.39. The van der Waals surface area contributed by atoms with Crippen molar-refractivity contribution in [2.75, 3.05) is 12.8 Å². The molecule has 0 aromatic heterocycles. The van der Waals surface area contributed by atoms with Crippen LogP contribution in [0.3, 0.4) is 0 Å². The number of nitro benzene ring substituents is 1. The lowest BCUT2D eigenvalue weighted by atomic mass is 9.84. The summed E-state index contributed by atoms with van der Waals surface area (Å²) in [7, 11) is 0. The zero-order valence-electron chi connectivity index (χ0n) is 11.0. The molecule has 0 aliphatic heterocycles. The van der Waals surface area contributed by atoms with Gasteiger partial charge in [0, 0.05) is 17.4 Å². The van der Waals surface area contributed by atoms with Crippen LogP contribution < -0.4 is 5.32 Å². The van der Waals surface area contributed by atoms with Crippen LogP contribution in [0.25, 0.3) is 0 Å². The van der Waals surface area contributed by atoms with Gasteiger partial charge in [-0.15, -0.1) is 0 Å². The first-order chi connectivity index (χ1) is 9.49. The molecule has 108 valence electrons. The van der Waals surface area contributed by atoms with E-state index in [9.17, 15) is 14.9 Å². The van der Waals surface area contributed by atoms with Gasteiger partial charge in [0.05, 0.1) is 10.5 Å². The number of carbonyl (C=O) groups excluding carboxylic acids is 1. The van der Waals surface area contributed by atoms with Crippen molar-refractivity contribution < 1.29 is 9.72 Å². The Morgan fingerprint density at radius 3 is 2.75 bits per heavy atom. The van der Waals surface area contributed by atoms with Gasteiger partial charge < -0.3 is 5.32 Å². The Bertz CT molecular complexity index is 541. The van der Waals surface area contributed by atoms with Gasteiger partial charge in [-0.1, -0.05) is 24.1 Å². The zero-order chi connectivity index (χ0) is 14.8. The molecule has 1 aliphatic rings. The van der Waals surface area contributed by atoms with Gasteiger partial charge >= 0.3 is 0 Å². The highest BCUT2D eigenvalue weighted by atomic mass is 35.5. The smallest absolute Gasteiger partial charge is 0.288 e. The average Bonchev–Trinajstić information content (AvgIpc) is 2.37. The number of hydrogen-bond donors (Lipinski definition) is 1. The zero-order valence-corrected chi connectivity index (χ0v) is 12.6. The molecule has 0 unspecified atom stereocenters. The number of carbonyl (C=O) groups is 1. The molecule has 1 aromatic carbocycles. The minimum absolute atomic E-state index is 0.109. The molecular weight excluding hydrogens is 300 g/mol. The first kappa shape index (κ1) is 15.1. The van der Waals surface area contributed by atoms with Crippen LogP contribution in [-0.4, -0.2) is 28.4 Å². The van der Waals surface area contributed by atoms with Gasteiger partial charge in [-0.25, -0.2) is 0 Å². The van der Waals surface area contributed by atoms with Crippen molar-refractivity contribution in [1.82, 2.24) is 5.32 Å². The van der Waals surface area contributed by atoms with E-state index in [0.717, 1.165) is 12.8 Å². The van der Waals surface area contributed by atoms with Gasteiger partial charge in [0.1, 0.15) is 5.02 Å². The molecule has 1 amide bonds. The molecule has 0 saturated heterocycles. The number of amides is 1. The van der Waals surface area contributed by atoms with Crippen molar-refractivity contribution in [1.29, 1.82) is 0 Å². The lowest BCUT2D eigenvalue weighted by Gasteiger charge is -2.40. The average molecular weight is 315 g/mol. The topological polar surface area (TPSA) is 72.2 Å². The predicted octanol–water partition coefficient (Wildman–Crippen LogP) is 3.26. The SMILES string of the molecule is CSC1(CNC(=O)c2cccc([N+](=O)[O-])c2Cl)CCC1. The molecule has 1 N–H and O–H groups in total. The molecule has 0 heterocycles. The van der Waals surface area contributed by atoms with Crippen LogP contribution in [0, 0.1) is 10.1 Å². The second kappa shape index (κ2) is 6.01. The van der Waals surface area contributed by atoms with Crippen LogP contribution in [0.5, 0.6) is 0 Å². The van der Waals surface area contributed by atoms with E-state index in [1.165, 1.54) is 24.6 Å². The molecule has 20 heavy (non-hydrogen) atoms. The maximum Gasteiger partial charge on any atom is 0.288 e. The van der Waals surface area contributed by atoms with Crippen LogP contribution in [0.4, 0.5) is 5.69 Å². The van der Waals surface area contributed by atoms with Crippen LogP contribution in [0.2, 0.25) is 5.02 Å². The number of rotatable bonds is 5. The quantitative estimate of drug-likeness (QED) is 0.669. The van der Waals surface area contributed by atoms with Crippen molar-refractivity contribution >= 4 is 35.0 Å². The van der Waals surface area contributed by atoms with E-state index in [1.54, 1.807) is 11.8 Å². The standard InChI is InChI=1S/C13H15ClN2O3S/c1-20-13(6-3-7-13)8-15-12(17)9-4-2-5-10(11(9)14)16(18)19/h2,4-5H,3,6-8H2,1H3,(H,15,17). The molecule has 1 aromatic rings.